The van der Waals surface area contributed by atoms with Gasteiger partial charge in [0.15, 0.2) is 0 Å². The lowest BCUT2D eigenvalue weighted by molar-refractivity contribution is 0.0943. The molecule has 1 N–H and O–H groups in total. The van der Waals surface area contributed by atoms with Gasteiger partial charge in [0.05, 0.1) is 11.8 Å². The topological polar surface area (TPSA) is 51.5 Å². The number of nitrogens with one attached hydrogen (secondary N) is 1. The third-order valence-electron chi connectivity index (χ3n) is 2.06. The van der Waals surface area contributed by atoms with Gasteiger partial charge in [0.25, 0.3) is 5.91 Å². The van der Waals surface area contributed by atoms with Crippen LogP contribution in [0.2, 0.25) is 0 Å². The van der Waals surface area contributed by atoms with Gasteiger partial charge in [-0.3, -0.25) is 4.79 Å². The van der Waals surface area contributed by atoms with Crippen LogP contribution in [-0.2, 0) is 4.74 Å². The standard InChI is InChI=1S/C11H17NO3/c1-3-14-7-4-6-12-11(13)10-5-8-15-9(10)2/h5,8H,3-4,6-7H2,1-2H3,(H,12,13). The fourth-order valence-corrected chi connectivity index (χ4v) is 1.24. The quantitative estimate of drug-likeness (QED) is 0.729. The van der Waals surface area contributed by atoms with Crippen molar-refractivity contribution in [1.82, 2.24) is 5.32 Å². The highest BCUT2D eigenvalue weighted by Gasteiger charge is 2.09. The molecule has 1 rings (SSSR count). The van der Waals surface area contributed by atoms with Crippen LogP contribution in [0.1, 0.15) is 29.5 Å². The van der Waals surface area contributed by atoms with Crippen molar-refractivity contribution < 1.29 is 13.9 Å². The molecular formula is C11H17NO3. The van der Waals surface area contributed by atoms with Crippen molar-refractivity contribution >= 4 is 5.91 Å². The summed E-state index contributed by atoms with van der Waals surface area (Å²) in [5, 5.41) is 2.81. The number of furan rings is 1. The van der Waals surface area contributed by atoms with E-state index in [0.29, 0.717) is 24.5 Å². The molecule has 0 saturated heterocycles. The molecule has 0 unspecified atom stereocenters. The first kappa shape index (κ1) is 11.8. The van der Waals surface area contributed by atoms with Crippen LogP contribution in [0, 0.1) is 6.92 Å². The summed E-state index contributed by atoms with van der Waals surface area (Å²) >= 11 is 0. The molecule has 1 aromatic rings. The molecule has 0 radical (unpaired) electrons. The van der Waals surface area contributed by atoms with Crippen LogP contribution in [-0.4, -0.2) is 25.7 Å². The van der Waals surface area contributed by atoms with Crippen LogP contribution in [0.4, 0.5) is 0 Å². The Kier molecular flexibility index (Phi) is 4.90. The summed E-state index contributed by atoms with van der Waals surface area (Å²) in [6.45, 7) is 5.75. The van der Waals surface area contributed by atoms with Gasteiger partial charge in [-0.25, -0.2) is 0 Å². The zero-order chi connectivity index (χ0) is 11.1. The minimum absolute atomic E-state index is 0.0854. The minimum atomic E-state index is -0.0854. The van der Waals surface area contributed by atoms with Crippen molar-refractivity contribution in [3.8, 4) is 0 Å². The van der Waals surface area contributed by atoms with Gasteiger partial charge in [0.2, 0.25) is 0 Å². The summed E-state index contributed by atoms with van der Waals surface area (Å²) < 4.78 is 10.2. The molecule has 1 aromatic heterocycles. The van der Waals surface area contributed by atoms with Crippen molar-refractivity contribution in [1.29, 1.82) is 0 Å². The minimum Gasteiger partial charge on any atom is -0.469 e. The van der Waals surface area contributed by atoms with E-state index in [1.807, 2.05) is 6.92 Å². The third-order valence-corrected chi connectivity index (χ3v) is 2.06. The first-order valence-electron chi connectivity index (χ1n) is 5.15. The van der Waals surface area contributed by atoms with Crippen molar-refractivity contribution in [3.63, 3.8) is 0 Å². The first-order valence-corrected chi connectivity index (χ1v) is 5.15. The van der Waals surface area contributed by atoms with Crippen LogP contribution in [0.5, 0.6) is 0 Å². The SMILES string of the molecule is CCOCCCNC(=O)c1ccoc1C. The first-order chi connectivity index (χ1) is 7.25. The second kappa shape index (κ2) is 6.24. The van der Waals surface area contributed by atoms with Crippen molar-refractivity contribution in [2.24, 2.45) is 0 Å². The van der Waals surface area contributed by atoms with E-state index in [2.05, 4.69) is 5.32 Å². The summed E-state index contributed by atoms with van der Waals surface area (Å²) in [4.78, 5) is 11.5. The van der Waals surface area contributed by atoms with Gasteiger partial charge in [-0.05, 0) is 26.3 Å². The van der Waals surface area contributed by atoms with Crippen molar-refractivity contribution in [3.05, 3.63) is 23.7 Å². The maximum atomic E-state index is 11.5. The predicted octanol–water partition coefficient (Wildman–Crippen LogP) is 1.74. The molecule has 4 nitrogen and oxygen atoms in total. The highest BCUT2D eigenvalue weighted by molar-refractivity contribution is 5.94. The molecule has 84 valence electrons. The Balaban J connectivity index is 2.22. The Hall–Kier alpha value is -1.29. The zero-order valence-electron chi connectivity index (χ0n) is 9.21. The van der Waals surface area contributed by atoms with Crippen molar-refractivity contribution in [2.45, 2.75) is 20.3 Å². The molecule has 1 amide bonds. The fourth-order valence-electron chi connectivity index (χ4n) is 1.24. The summed E-state index contributed by atoms with van der Waals surface area (Å²) in [6.07, 6.45) is 2.35. The summed E-state index contributed by atoms with van der Waals surface area (Å²) in [7, 11) is 0. The second-order valence-corrected chi connectivity index (χ2v) is 3.20. The largest absolute Gasteiger partial charge is 0.469 e. The van der Waals surface area contributed by atoms with Gasteiger partial charge in [-0.1, -0.05) is 0 Å². The summed E-state index contributed by atoms with van der Waals surface area (Å²) in [5.41, 5.74) is 0.603. The molecule has 0 bridgehead atoms. The molecule has 0 aliphatic rings. The highest BCUT2D eigenvalue weighted by atomic mass is 16.5. The van der Waals surface area contributed by atoms with Gasteiger partial charge in [0.1, 0.15) is 5.76 Å². The number of carbonyl (C=O) groups excluding carboxylic acids is 1. The van der Waals surface area contributed by atoms with E-state index < -0.39 is 0 Å². The third kappa shape index (κ3) is 3.75. The molecule has 0 spiro atoms. The maximum Gasteiger partial charge on any atom is 0.254 e. The molecule has 4 heteroatoms. The fraction of sp³-hybridized carbons (Fsp3) is 0.545. The number of aryl methyl sites for hydroxylation is 1. The number of rotatable bonds is 6. The number of carbonyl (C=O) groups is 1. The zero-order valence-corrected chi connectivity index (χ0v) is 9.21. The van der Waals surface area contributed by atoms with Crippen LogP contribution >= 0.6 is 0 Å². The summed E-state index contributed by atoms with van der Waals surface area (Å²) in [6, 6.07) is 1.67. The normalized spacial score (nSPS) is 10.3. The lowest BCUT2D eigenvalue weighted by Gasteiger charge is -2.04. The van der Waals surface area contributed by atoms with E-state index in [-0.39, 0.29) is 5.91 Å². The Morgan fingerprint density at radius 2 is 2.40 bits per heavy atom. The smallest absolute Gasteiger partial charge is 0.254 e. The van der Waals surface area contributed by atoms with Gasteiger partial charge >= 0.3 is 0 Å². The second-order valence-electron chi connectivity index (χ2n) is 3.20. The number of amides is 1. The Morgan fingerprint density at radius 1 is 1.60 bits per heavy atom. The monoisotopic (exact) mass is 211 g/mol. The van der Waals surface area contributed by atoms with E-state index >= 15 is 0 Å². The molecule has 0 aliphatic carbocycles. The van der Waals surface area contributed by atoms with E-state index in [9.17, 15) is 4.79 Å². The van der Waals surface area contributed by atoms with Crippen LogP contribution in [0.25, 0.3) is 0 Å². The van der Waals surface area contributed by atoms with Gasteiger partial charge < -0.3 is 14.5 Å². The Morgan fingerprint density at radius 3 is 3.00 bits per heavy atom. The molecule has 0 aromatic carbocycles. The summed E-state index contributed by atoms with van der Waals surface area (Å²) in [5.74, 6) is 0.565. The molecule has 0 aliphatic heterocycles. The van der Waals surface area contributed by atoms with E-state index in [0.717, 1.165) is 13.0 Å². The van der Waals surface area contributed by atoms with Gasteiger partial charge in [0, 0.05) is 19.8 Å². The molecule has 1 heterocycles. The number of ether oxygens (including phenoxy) is 1. The van der Waals surface area contributed by atoms with Crippen LogP contribution < -0.4 is 5.32 Å². The lowest BCUT2D eigenvalue weighted by atomic mass is 10.2. The molecule has 0 saturated carbocycles. The highest BCUT2D eigenvalue weighted by Crippen LogP contribution is 2.07. The molecule has 0 atom stereocenters. The number of hydrogen-bond donors (Lipinski definition) is 1. The van der Waals surface area contributed by atoms with E-state index in [4.69, 9.17) is 9.15 Å². The van der Waals surface area contributed by atoms with Crippen LogP contribution in [0.3, 0.4) is 0 Å². The maximum absolute atomic E-state index is 11.5. The number of hydrogen-bond acceptors (Lipinski definition) is 3. The lowest BCUT2D eigenvalue weighted by Crippen LogP contribution is -2.25. The van der Waals surface area contributed by atoms with Crippen LogP contribution in [0.15, 0.2) is 16.7 Å². The molecular weight excluding hydrogens is 194 g/mol. The van der Waals surface area contributed by atoms with Gasteiger partial charge in [-0.2, -0.15) is 0 Å². The Bertz CT molecular complexity index is 307. The molecule has 15 heavy (non-hydrogen) atoms. The average molecular weight is 211 g/mol. The van der Waals surface area contributed by atoms with Crippen molar-refractivity contribution in [2.75, 3.05) is 19.8 Å². The Labute approximate surface area is 89.6 Å². The van der Waals surface area contributed by atoms with Gasteiger partial charge in [-0.15, -0.1) is 0 Å². The van der Waals surface area contributed by atoms with E-state index in [1.165, 1.54) is 6.26 Å². The molecule has 0 fully saturated rings. The average Bonchev–Trinajstić information content (AvgIpc) is 2.64. The predicted molar refractivity (Wildman–Crippen MR) is 56.9 cm³/mol. The van der Waals surface area contributed by atoms with E-state index in [1.54, 1.807) is 13.0 Å².